The van der Waals surface area contributed by atoms with Gasteiger partial charge in [0.05, 0.1) is 23.6 Å². The lowest BCUT2D eigenvalue weighted by Gasteiger charge is -2.07. The van der Waals surface area contributed by atoms with Gasteiger partial charge in [-0.2, -0.15) is 0 Å². The van der Waals surface area contributed by atoms with E-state index in [1.54, 1.807) is 22.8 Å². The summed E-state index contributed by atoms with van der Waals surface area (Å²) in [5.74, 6) is 0.244. The van der Waals surface area contributed by atoms with Crippen LogP contribution in [0.3, 0.4) is 0 Å². The van der Waals surface area contributed by atoms with E-state index < -0.39 is 5.97 Å². The van der Waals surface area contributed by atoms with Crippen molar-refractivity contribution >= 4 is 28.5 Å². The van der Waals surface area contributed by atoms with Gasteiger partial charge >= 0.3 is 5.97 Å². The van der Waals surface area contributed by atoms with Crippen LogP contribution < -0.4 is 5.56 Å². The monoisotopic (exact) mass is 346 g/mol. The smallest absolute Gasteiger partial charge is 0.337 e. The number of esters is 1. The van der Waals surface area contributed by atoms with Crippen molar-refractivity contribution in [1.82, 2.24) is 9.55 Å². The number of methoxy groups -OCH3 is 1. The summed E-state index contributed by atoms with van der Waals surface area (Å²) in [6.45, 7) is 2.66. The number of hydrogen-bond donors (Lipinski definition) is 0. The van der Waals surface area contributed by atoms with E-state index in [0.717, 1.165) is 17.6 Å². The summed E-state index contributed by atoms with van der Waals surface area (Å²) in [6.07, 6.45) is 2.87. The molecule has 1 aromatic heterocycles. The highest BCUT2D eigenvalue weighted by molar-refractivity contribution is 5.94. The molecule has 5 heteroatoms. The van der Waals surface area contributed by atoms with Crippen LogP contribution in [0.4, 0.5) is 0 Å². The van der Waals surface area contributed by atoms with Crippen molar-refractivity contribution in [2.75, 3.05) is 7.11 Å². The quantitative estimate of drug-likeness (QED) is 0.667. The molecule has 0 saturated heterocycles. The number of benzene rings is 2. The predicted octanol–water partition coefficient (Wildman–Crippen LogP) is 3.44. The topological polar surface area (TPSA) is 61.2 Å². The summed E-state index contributed by atoms with van der Waals surface area (Å²) < 4.78 is 6.42. The second-order valence-corrected chi connectivity index (χ2v) is 6.39. The predicted molar refractivity (Wildman–Crippen MR) is 101 cm³/mol. The molecule has 0 saturated carbocycles. The Balaban J connectivity index is 1.87. The molecule has 0 fully saturated rings. The minimum Gasteiger partial charge on any atom is -0.465 e. The number of fused-ring (bicyclic) bond motifs is 2. The Morgan fingerprint density at radius 1 is 1.23 bits per heavy atom. The van der Waals surface area contributed by atoms with E-state index in [1.165, 1.54) is 12.7 Å². The Hall–Kier alpha value is -3.21. The molecule has 1 aliphatic rings. The molecule has 3 aromatic rings. The molecule has 5 nitrogen and oxygen atoms in total. The maximum Gasteiger partial charge on any atom is 0.337 e. The van der Waals surface area contributed by atoms with E-state index >= 15 is 0 Å². The molecule has 0 atom stereocenters. The SMILES string of the molecule is COC(=O)c1ccc2nc3n(c(=O)c2c1)CCC3=Cc1ccccc1C. The van der Waals surface area contributed by atoms with Crippen LogP contribution >= 0.6 is 0 Å². The zero-order chi connectivity index (χ0) is 18.3. The molecule has 0 bridgehead atoms. The number of allylic oxidation sites excluding steroid dienone is 1. The van der Waals surface area contributed by atoms with Crippen molar-refractivity contribution < 1.29 is 9.53 Å². The highest BCUT2D eigenvalue weighted by Gasteiger charge is 2.21. The van der Waals surface area contributed by atoms with Crippen molar-refractivity contribution in [3.63, 3.8) is 0 Å². The number of ether oxygens (including phenoxy) is 1. The summed E-state index contributed by atoms with van der Waals surface area (Å²) in [5.41, 5.74) is 4.19. The van der Waals surface area contributed by atoms with Gasteiger partial charge in [-0.25, -0.2) is 9.78 Å². The van der Waals surface area contributed by atoms with Gasteiger partial charge in [-0.3, -0.25) is 9.36 Å². The zero-order valence-corrected chi connectivity index (χ0v) is 14.7. The van der Waals surface area contributed by atoms with Gasteiger partial charge in [0.2, 0.25) is 0 Å². The van der Waals surface area contributed by atoms with Gasteiger partial charge in [-0.05, 0) is 54.3 Å². The number of nitrogens with zero attached hydrogens (tertiary/aromatic N) is 2. The molecule has 2 aromatic carbocycles. The van der Waals surface area contributed by atoms with Gasteiger partial charge in [-0.15, -0.1) is 0 Å². The molecular weight excluding hydrogens is 328 g/mol. The molecule has 2 heterocycles. The van der Waals surface area contributed by atoms with E-state index in [4.69, 9.17) is 9.72 Å². The maximum atomic E-state index is 12.9. The van der Waals surface area contributed by atoms with Gasteiger partial charge in [0, 0.05) is 6.54 Å². The van der Waals surface area contributed by atoms with Crippen molar-refractivity contribution in [2.45, 2.75) is 19.9 Å². The molecule has 0 amide bonds. The van der Waals surface area contributed by atoms with E-state index in [2.05, 4.69) is 25.1 Å². The maximum absolute atomic E-state index is 12.9. The summed E-state index contributed by atoms with van der Waals surface area (Å²) >= 11 is 0. The number of carbonyl (C=O) groups is 1. The van der Waals surface area contributed by atoms with E-state index in [-0.39, 0.29) is 5.56 Å². The fourth-order valence-corrected chi connectivity index (χ4v) is 3.34. The third-order valence-electron chi connectivity index (χ3n) is 4.79. The van der Waals surface area contributed by atoms with E-state index in [1.807, 2.05) is 12.1 Å². The van der Waals surface area contributed by atoms with Crippen LogP contribution in [0, 0.1) is 6.92 Å². The summed E-state index contributed by atoms with van der Waals surface area (Å²) in [7, 11) is 1.32. The van der Waals surface area contributed by atoms with Crippen LogP contribution in [0.2, 0.25) is 0 Å². The minimum absolute atomic E-state index is 0.121. The Morgan fingerprint density at radius 3 is 2.81 bits per heavy atom. The van der Waals surface area contributed by atoms with Gasteiger partial charge in [-0.1, -0.05) is 24.3 Å². The van der Waals surface area contributed by atoms with E-state index in [9.17, 15) is 9.59 Å². The summed E-state index contributed by atoms with van der Waals surface area (Å²) in [6, 6.07) is 13.0. The fraction of sp³-hybridized carbons (Fsp3) is 0.190. The first kappa shape index (κ1) is 16.3. The average molecular weight is 346 g/mol. The molecule has 1 aliphatic heterocycles. The first-order valence-electron chi connectivity index (χ1n) is 8.48. The third-order valence-corrected chi connectivity index (χ3v) is 4.79. The normalized spacial score (nSPS) is 14.6. The largest absolute Gasteiger partial charge is 0.465 e. The highest BCUT2D eigenvalue weighted by Crippen LogP contribution is 2.28. The molecule has 0 unspecified atom stereocenters. The molecule has 0 radical (unpaired) electrons. The van der Waals surface area contributed by atoms with Crippen molar-refractivity contribution in [3.8, 4) is 0 Å². The molecular formula is C21H18N2O3. The molecule has 0 aliphatic carbocycles. The lowest BCUT2D eigenvalue weighted by atomic mass is 10.0. The van der Waals surface area contributed by atoms with Crippen molar-refractivity contribution in [1.29, 1.82) is 0 Å². The van der Waals surface area contributed by atoms with Crippen molar-refractivity contribution in [3.05, 3.63) is 75.3 Å². The second kappa shape index (κ2) is 6.26. The number of aromatic nitrogens is 2. The number of rotatable bonds is 2. The number of hydrogen-bond acceptors (Lipinski definition) is 4. The van der Waals surface area contributed by atoms with Crippen LogP contribution in [0.15, 0.2) is 47.3 Å². The molecule has 0 N–H and O–H groups in total. The third kappa shape index (κ3) is 2.62. The molecule has 26 heavy (non-hydrogen) atoms. The van der Waals surface area contributed by atoms with Crippen molar-refractivity contribution in [2.24, 2.45) is 0 Å². The molecule has 4 rings (SSSR count). The number of aryl methyl sites for hydroxylation is 1. The Labute approximate surface area is 150 Å². The Bertz CT molecular complexity index is 1130. The van der Waals surface area contributed by atoms with Crippen LogP contribution in [-0.4, -0.2) is 22.6 Å². The minimum atomic E-state index is -0.461. The first-order chi connectivity index (χ1) is 12.6. The van der Waals surface area contributed by atoms with Gasteiger partial charge in [0.1, 0.15) is 5.82 Å². The molecule has 0 spiro atoms. The highest BCUT2D eigenvalue weighted by atomic mass is 16.5. The van der Waals surface area contributed by atoms with E-state index in [0.29, 0.717) is 28.8 Å². The second-order valence-electron chi connectivity index (χ2n) is 6.39. The van der Waals surface area contributed by atoms with Gasteiger partial charge in [0.15, 0.2) is 0 Å². The Morgan fingerprint density at radius 2 is 2.04 bits per heavy atom. The van der Waals surface area contributed by atoms with Crippen LogP contribution in [-0.2, 0) is 11.3 Å². The number of carbonyl (C=O) groups excluding carboxylic acids is 1. The van der Waals surface area contributed by atoms with Gasteiger partial charge < -0.3 is 4.74 Å². The lowest BCUT2D eigenvalue weighted by Crippen LogP contribution is -2.21. The molecule has 130 valence electrons. The average Bonchev–Trinajstić information content (AvgIpc) is 3.06. The van der Waals surface area contributed by atoms with Crippen LogP contribution in [0.1, 0.15) is 33.7 Å². The van der Waals surface area contributed by atoms with Crippen LogP contribution in [0.5, 0.6) is 0 Å². The Kier molecular flexibility index (Phi) is 3.92. The standard InChI is InChI=1S/C21H18N2O3/c1-13-5-3-4-6-14(13)11-15-9-10-23-19(15)22-18-8-7-16(21(25)26-2)12-17(18)20(23)24/h3-8,11-12H,9-10H2,1-2H3. The summed E-state index contributed by atoms with van der Waals surface area (Å²) in [4.78, 5) is 29.3. The van der Waals surface area contributed by atoms with Gasteiger partial charge in [0.25, 0.3) is 5.56 Å². The lowest BCUT2D eigenvalue weighted by molar-refractivity contribution is 0.0601. The fourth-order valence-electron chi connectivity index (χ4n) is 3.34. The summed E-state index contributed by atoms with van der Waals surface area (Å²) in [5, 5.41) is 0.439. The zero-order valence-electron chi connectivity index (χ0n) is 14.7. The van der Waals surface area contributed by atoms with Crippen LogP contribution in [0.25, 0.3) is 22.6 Å². The first-order valence-corrected chi connectivity index (χ1v) is 8.48.